The number of rotatable bonds is 6. The van der Waals surface area contributed by atoms with Crippen molar-refractivity contribution in [2.45, 2.75) is 6.10 Å². The molecule has 0 bridgehead atoms. The van der Waals surface area contributed by atoms with E-state index in [1.54, 1.807) is 11.3 Å². The summed E-state index contributed by atoms with van der Waals surface area (Å²) in [5, 5.41) is 13.3. The monoisotopic (exact) mass is 331 g/mol. The van der Waals surface area contributed by atoms with Gasteiger partial charge in [-0.2, -0.15) is 0 Å². The molecule has 1 unspecified atom stereocenters. The minimum absolute atomic E-state index is 0.0460. The molecule has 0 aliphatic carbocycles. The van der Waals surface area contributed by atoms with Crippen molar-refractivity contribution in [1.29, 1.82) is 0 Å². The molecule has 3 aromatic rings. The lowest BCUT2D eigenvalue weighted by Gasteiger charge is -2.08. The van der Waals surface area contributed by atoms with Gasteiger partial charge in [0.2, 0.25) is 0 Å². The molecule has 2 heterocycles. The van der Waals surface area contributed by atoms with Gasteiger partial charge in [-0.05, 0) is 41.8 Å². The maximum absolute atomic E-state index is 12.2. The van der Waals surface area contributed by atoms with Crippen LogP contribution in [0.3, 0.4) is 0 Å². The molecule has 0 saturated heterocycles. The molecule has 23 heavy (non-hydrogen) atoms. The quantitative estimate of drug-likeness (QED) is 0.723. The third-order valence-corrected chi connectivity index (χ3v) is 4.56. The fourth-order valence-electron chi connectivity index (χ4n) is 2.17. The van der Waals surface area contributed by atoms with E-state index in [1.807, 2.05) is 43.6 Å². The molecule has 120 valence electrons. The number of aromatic nitrogens is 1. The highest BCUT2D eigenvalue weighted by atomic mass is 32.1. The number of anilines is 1. The van der Waals surface area contributed by atoms with E-state index in [2.05, 4.69) is 16.4 Å². The topological polar surface area (TPSA) is 54.4 Å². The lowest BCUT2D eigenvalue weighted by atomic mass is 10.2. The molecule has 0 aliphatic heterocycles. The van der Waals surface area contributed by atoms with Crippen molar-refractivity contribution >= 4 is 27.2 Å². The van der Waals surface area contributed by atoms with Gasteiger partial charge in [-0.3, -0.25) is 0 Å². The zero-order valence-electron chi connectivity index (χ0n) is 12.6. The molecule has 1 atom stereocenters. The Bertz CT molecular complexity index is 789. The summed E-state index contributed by atoms with van der Waals surface area (Å²) in [6.07, 6.45) is 0.757. The Morgan fingerprint density at radius 1 is 1.30 bits per heavy atom. The molecule has 0 fully saturated rings. The number of pyridine rings is 1. The summed E-state index contributed by atoms with van der Waals surface area (Å²) in [6, 6.07) is 11.8. The summed E-state index contributed by atoms with van der Waals surface area (Å²) >= 11 is 1.64. The molecule has 0 amide bonds. The molecule has 0 radical (unpaired) electrons. The van der Waals surface area contributed by atoms with Crippen LogP contribution in [-0.4, -0.2) is 36.5 Å². The van der Waals surface area contributed by atoms with Gasteiger partial charge in [-0.15, -0.1) is 11.3 Å². The summed E-state index contributed by atoms with van der Waals surface area (Å²) in [5.74, 6) is 1.46. The number of thiophene rings is 1. The second-order valence-corrected chi connectivity index (χ2v) is 6.20. The van der Waals surface area contributed by atoms with Gasteiger partial charge in [0.25, 0.3) is 0 Å². The van der Waals surface area contributed by atoms with Crippen LogP contribution in [0.1, 0.15) is 0 Å². The molecular formula is C17H17FN2O2S. The Morgan fingerprint density at radius 3 is 2.87 bits per heavy atom. The van der Waals surface area contributed by atoms with Crippen LogP contribution in [0, 0.1) is 0 Å². The van der Waals surface area contributed by atoms with Gasteiger partial charge in [-0.25, -0.2) is 9.37 Å². The SMILES string of the molecule is CNc1ccc(-c2cc3ccc(OCC(O)C[18F])cc3s2)cn1. The first-order chi connectivity index (χ1) is 11.2. The number of hydrogen-bond donors (Lipinski definition) is 2. The predicted octanol–water partition coefficient (Wildman–Crippen LogP) is 3.71. The molecule has 0 aliphatic rings. The maximum atomic E-state index is 12.2. The van der Waals surface area contributed by atoms with Crippen LogP contribution in [0.4, 0.5) is 10.2 Å². The molecule has 0 spiro atoms. The third-order valence-electron chi connectivity index (χ3n) is 3.42. The molecule has 6 heteroatoms. The van der Waals surface area contributed by atoms with Crippen LogP contribution in [0.2, 0.25) is 0 Å². The summed E-state index contributed by atoms with van der Waals surface area (Å²) < 4.78 is 18.7. The highest BCUT2D eigenvalue weighted by Gasteiger charge is 2.08. The minimum atomic E-state index is -1.08. The number of benzene rings is 1. The number of nitrogens with one attached hydrogen (secondary N) is 1. The number of aliphatic hydroxyl groups excluding tert-OH is 1. The Balaban J connectivity index is 1.83. The minimum Gasteiger partial charge on any atom is -0.491 e. The first kappa shape index (κ1) is 15.7. The van der Waals surface area contributed by atoms with Crippen molar-refractivity contribution in [3.63, 3.8) is 0 Å². The van der Waals surface area contributed by atoms with Crippen LogP contribution in [0.25, 0.3) is 20.5 Å². The summed E-state index contributed by atoms with van der Waals surface area (Å²) in [5.41, 5.74) is 1.06. The lowest BCUT2D eigenvalue weighted by molar-refractivity contribution is 0.0842. The zero-order valence-corrected chi connectivity index (χ0v) is 13.4. The van der Waals surface area contributed by atoms with Crippen LogP contribution >= 0.6 is 11.3 Å². The van der Waals surface area contributed by atoms with Gasteiger partial charge < -0.3 is 15.2 Å². The Labute approximate surface area is 137 Å². The van der Waals surface area contributed by atoms with Crippen molar-refractivity contribution in [2.75, 3.05) is 25.6 Å². The Morgan fingerprint density at radius 2 is 2.17 bits per heavy atom. The van der Waals surface area contributed by atoms with Crippen LogP contribution in [-0.2, 0) is 0 Å². The van der Waals surface area contributed by atoms with E-state index in [0.717, 1.165) is 26.3 Å². The van der Waals surface area contributed by atoms with Crippen molar-refractivity contribution < 1.29 is 14.2 Å². The number of ether oxygens (including phenoxy) is 1. The third kappa shape index (κ3) is 3.60. The van der Waals surface area contributed by atoms with Gasteiger partial charge in [0.15, 0.2) is 0 Å². The van der Waals surface area contributed by atoms with E-state index in [4.69, 9.17) is 4.74 Å². The van der Waals surface area contributed by atoms with E-state index in [0.29, 0.717) is 5.75 Å². The maximum Gasteiger partial charge on any atom is 0.125 e. The number of nitrogens with zero attached hydrogens (tertiary/aromatic N) is 1. The van der Waals surface area contributed by atoms with Gasteiger partial charge in [0.05, 0.1) is 0 Å². The van der Waals surface area contributed by atoms with Gasteiger partial charge >= 0.3 is 0 Å². The second kappa shape index (κ2) is 6.93. The molecular weight excluding hydrogens is 314 g/mol. The van der Waals surface area contributed by atoms with Crippen LogP contribution in [0.15, 0.2) is 42.6 Å². The zero-order chi connectivity index (χ0) is 16.2. The van der Waals surface area contributed by atoms with Crippen molar-refractivity contribution in [2.24, 2.45) is 0 Å². The van der Waals surface area contributed by atoms with Crippen LogP contribution in [0.5, 0.6) is 5.75 Å². The number of halogens is 1. The molecule has 3 rings (SSSR count). The van der Waals surface area contributed by atoms with Crippen molar-refractivity contribution in [3.8, 4) is 16.2 Å². The molecule has 2 aromatic heterocycles. The molecule has 4 nitrogen and oxygen atoms in total. The van der Waals surface area contributed by atoms with Gasteiger partial charge in [0, 0.05) is 28.4 Å². The van der Waals surface area contributed by atoms with E-state index in [-0.39, 0.29) is 6.61 Å². The molecule has 2 N–H and O–H groups in total. The number of aliphatic hydroxyl groups is 1. The smallest absolute Gasteiger partial charge is 0.125 e. The molecule has 1 aromatic carbocycles. The van der Waals surface area contributed by atoms with E-state index < -0.39 is 12.8 Å². The fourth-order valence-corrected chi connectivity index (χ4v) is 3.25. The van der Waals surface area contributed by atoms with E-state index >= 15 is 0 Å². The Kier molecular flexibility index (Phi) is 4.73. The van der Waals surface area contributed by atoms with E-state index in [1.165, 1.54) is 0 Å². The fraction of sp³-hybridized carbons (Fsp3) is 0.235. The number of fused-ring (bicyclic) bond motifs is 1. The van der Waals surface area contributed by atoms with Crippen LogP contribution < -0.4 is 10.1 Å². The Hall–Kier alpha value is -2.18. The summed E-state index contributed by atoms with van der Waals surface area (Å²) in [4.78, 5) is 5.45. The average molecular weight is 331 g/mol. The highest BCUT2D eigenvalue weighted by molar-refractivity contribution is 7.22. The summed E-state index contributed by atoms with van der Waals surface area (Å²) in [7, 11) is 1.84. The first-order valence-corrected chi connectivity index (χ1v) is 8.06. The normalized spacial score (nSPS) is 12.3. The average Bonchev–Trinajstić information content (AvgIpc) is 3.03. The standard InChI is InChI=1S/C17H17FN2O2S/c1-19-17-5-3-12(9-20-17)15-6-11-2-4-14(7-16(11)23-15)22-10-13(21)8-18/h2-7,9,13,21H,8,10H2,1H3,(H,19,20)/i18-1. The number of alkyl halides is 1. The van der Waals surface area contributed by atoms with E-state index in [9.17, 15) is 9.50 Å². The number of hydrogen-bond acceptors (Lipinski definition) is 5. The second-order valence-electron chi connectivity index (χ2n) is 5.11. The first-order valence-electron chi connectivity index (χ1n) is 7.24. The van der Waals surface area contributed by atoms with Crippen molar-refractivity contribution in [3.05, 3.63) is 42.6 Å². The molecule has 0 saturated carbocycles. The lowest BCUT2D eigenvalue weighted by Crippen LogP contribution is -2.19. The van der Waals surface area contributed by atoms with Crippen molar-refractivity contribution in [1.82, 2.24) is 4.98 Å². The summed E-state index contributed by atoms with van der Waals surface area (Å²) in [6.45, 7) is -0.851. The van der Waals surface area contributed by atoms with Gasteiger partial charge in [-0.1, -0.05) is 0 Å². The highest BCUT2D eigenvalue weighted by Crippen LogP contribution is 2.35. The van der Waals surface area contributed by atoms with Gasteiger partial charge in [0.1, 0.15) is 31.0 Å². The largest absolute Gasteiger partial charge is 0.491 e. The predicted molar refractivity (Wildman–Crippen MR) is 92.1 cm³/mol.